The quantitative estimate of drug-likeness (QED) is 0.353. The van der Waals surface area contributed by atoms with Crippen molar-refractivity contribution in [1.29, 1.82) is 0 Å². The summed E-state index contributed by atoms with van der Waals surface area (Å²) in [7, 11) is 0. The van der Waals surface area contributed by atoms with E-state index >= 15 is 0 Å². The third-order valence-electron chi connectivity index (χ3n) is 7.84. The van der Waals surface area contributed by atoms with E-state index in [1.807, 2.05) is 12.1 Å². The van der Waals surface area contributed by atoms with Crippen LogP contribution in [0.2, 0.25) is 0 Å². The predicted octanol–water partition coefficient (Wildman–Crippen LogP) is 4.54. The third kappa shape index (κ3) is 6.08. The number of carboxylic acid groups (broad SMARTS) is 1. The summed E-state index contributed by atoms with van der Waals surface area (Å²) in [5.74, 6) is 0.759. The van der Waals surface area contributed by atoms with Gasteiger partial charge < -0.3 is 19.7 Å². The van der Waals surface area contributed by atoms with E-state index in [-0.39, 0.29) is 36.6 Å². The van der Waals surface area contributed by atoms with Crippen molar-refractivity contribution in [3.8, 4) is 5.75 Å². The topological polar surface area (TPSA) is 93.1 Å². The number of hydrogen-bond donors (Lipinski definition) is 2. The molecule has 5 atom stereocenters. The van der Waals surface area contributed by atoms with Crippen LogP contribution in [0.3, 0.4) is 0 Å². The Labute approximate surface area is 196 Å². The number of aliphatic hydroxyl groups is 1. The lowest BCUT2D eigenvalue weighted by Gasteiger charge is -2.32. The number of aliphatic carboxylic acids is 1. The predicted molar refractivity (Wildman–Crippen MR) is 124 cm³/mol. The van der Waals surface area contributed by atoms with Crippen LogP contribution in [0, 0.1) is 23.7 Å². The van der Waals surface area contributed by atoms with Crippen LogP contribution >= 0.6 is 0 Å². The molecule has 0 radical (unpaired) electrons. The fourth-order valence-electron chi connectivity index (χ4n) is 5.92. The maximum absolute atomic E-state index is 12.3. The molecule has 0 saturated heterocycles. The SMILES string of the molecule is CCCCC[C@@H](CC[C@@H]1[C@H]2Cc3cccc(OCC(=O)O)c3C[C@H]2C[C@H]1O)OC(=O)C1CC1. The molecular formula is C27H38O6. The lowest BCUT2D eigenvalue weighted by molar-refractivity contribution is -0.151. The lowest BCUT2D eigenvalue weighted by atomic mass is 9.73. The van der Waals surface area contributed by atoms with Gasteiger partial charge in [0.1, 0.15) is 11.9 Å². The summed E-state index contributed by atoms with van der Waals surface area (Å²) >= 11 is 0. The average Bonchev–Trinajstić information content (AvgIpc) is 3.59. The van der Waals surface area contributed by atoms with Crippen LogP contribution in [0.15, 0.2) is 18.2 Å². The fraction of sp³-hybridized carbons (Fsp3) is 0.704. The summed E-state index contributed by atoms with van der Waals surface area (Å²) < 4.78 is 11.4. The molecule has 0 aromatic heterocycles. The number of aliphatic hydroxyl groups excluding tert-OH is 1. The van der Waals surface area contributed by atoms with E-state index in [4.69, 9.17) is 14.6 Å². The second-order valence-corrected chi connectivity index (χ2v) is 10.3. The first-order valence-corrected chi connectivity index (χ1v) is 12.8. The zero-order valence-electron chi connectivity index (χ0n) is 19.7. The molecule has 0 spiro atoms. The Morgan fingerprint density at radius 3 is 2.70 bits per heavy atom. The Morgan fingerprint density at radius 1 is 1.15 bits per heavy atom. The number of fused-ring (bicyclic) bond motifs is 2. The zero-order valence-corrected chi connectivity index (χ0v) is 19.7. The standard InChI is InChI=1S/C27H38O6/c1-2-3-4-7-20(33-27(31)17-9-10-17)11-12-21-22-13-18-6-5-8-25(32-16-26(29)30)23(18)14-19(22)15-24(21)28/h5-6,8,17,19-22,24,28H,2-4,7,9-16H2,1H3,(H,29,30)/t19-,20-,21+,22-,24+/m0/s1. The highest BCUT2D eigenvalue weighted by Crippen LogP contribution is 2.48. The van der Waals surface area contributed by atoms with Crippen LogP contribution < -0.4 is 4.74 Å². The molecule has 3 aliphatic rings. The number of esters is 1. The summed E-state index contributed by atoms with van der Waals surface area (Å²) in [4.78, 5) is 23.2. The third-order valence-corrected chi connectivity index (χ3v) is 7.84. The van der Waals surface area contributed by atoms with Gasteiger partial charge in [-0.05, 0) is 92.7 Å². The summed E-state index contributed by atoms with van der Waals surface area (Å²) in [6, 6.07) is 5.88. The summed E-state index contributed by atoms with van der Waals surface area (Å²) in [6.07, 6.45) is 10.00. The molecule has 0 amide bonds. The highest BCUT2D eigenvalue weighted by Gasteiger charge is 2.45. The van der Waals surface area contributed by atoms with Gasteiger partial charge in [-0.25, -0.2) is 4.79 Å². The summed E-state index contributed by atoms with van der Waals surface area (Å²) in [5.41, 5.74) is 2.31. The lowest BCUT2D eigenvalue weighted by Crippen LogP contribution is -2.29. The van der Waals surface area contributed by atoms with Crippen molar-refractivity contribution in [2.24, 2.45) is 23.7 Å². The van der Waals surface area contributed by atoms with Gasteiger partial charge >= 0.3 is 11.9 Å². The van der Waals surface area contributed by atoms with Gasteiger partial charge in [-0.3, -0.25) is 4.79 Å². The van der Waals surface area contributed by atoms with Crippen LogP contribution in [0.5, 0.6) is 5.75 Å². The van der Waals surface area contributed by atoms with E-state index in [1.165, 1.54) is 5.56 Å². The summed E-state index contributed by atoms with van der Waals surface area (Å²) in [6.45, 7) is 1.84. The van der Waals surface area contributed by atoms with Gasteiger partial charge in [-0.15, -0.1) is 0 Å². The number of benzene rings is 1. The van der Waals surface area contributed by atoms with Crippen molar-refractivity contribution in [3.63, 3.8) is 0 Å². The minimum atomic E-state index is -0.978. The number of hydrogen-bond acceptors (Lipinski definition) is 5. The number of carbonyl (C=O) groups is 2. The number of ether oxygens (including phenoxy) is 2. The van der Waals surface area contributed by atoms with Crippen LogP contribution in [-0.4, -0.2) is 41.0 Å². The summed E-state index contributed by atoms with van der Waals surface area (Å²) in [5, 5.41) is 19.9. The molecule has 2 fully saturated rings. The smallest absolute Gasteiger partial charge is 0.341 e. The van der Waals surface area contributed by atoms with Crippen LogP contribution in [0.25, 0.3) is 0 Å². The maximum atomic E-state index is 12.3. The van der Waals surface area contributed by atoms with Crippen molar-refractivity contribution < 1.29 is 29.3 Å². The first-order valence-electron chi connectivity index (χ1n) is 12.8. The Balaban J connectivity index is 1.39. The number of carboxylic acids is 1. The minimum Gasteiger partial charge on any atom is -0.482 e. The molecule has 1 aromatic carbocycles. The minimum absolute atomic E-state index is 0.0261. The van der Waals surface area contributed by atoms with E-state index < -0.39 is 5.97 Å². The van der Waals surface area contributed by atoms with Crippen LogP contribution in [0.4, 0.5) is 0 Å². The highest BCUT2D eigenvalue weighted by atomic mass is 16.5. The average molecular weight is 459 g/mol. The van der Waals surface area contributed by atoms with Crippen molar-refractivity contribution in [3.05, 3.63) is 29.3 Å². The molecule has 6 nitrogen and oxygen atoms in total. The first-order chi connectivity index (χ1) is 16.0. The zero-order chi connectivity index (χ0) is 23.4. The van der Waals surface area contributed by atoms with Gasteiger partial charge in [-0.1, -0.05) is 31.9 Å². The van der Waals surface area contributed by atoms with Gasteiger partial charge in [0.15, 0.2) is 6.61 Å². The van der Waals surface area contributed by atoms with Gasteiger partial charge in [0.25, 0.3) is 0 Å². The monoisotopic (exact) mass is 458 g/mol. The number of carbonyl (C=O) groups excluding carboxylic acids is 1. The number of rotatable bonds is 12. The second-order valence-electron chi connectivity index (χ2n) is 10.3. The molecule has 2 N–H and O–H groups in total. The van der Waals surface area contributed by atoms with E-state index in [9.17, 15) is 14.7 Å². The molecule has 4 rings (SSSR count). The Kier molecular flexibility index (Phi) is 7.94. The van der Waals surface area contributed by atoms with Crippen molar-refractivity contribution in [1.82, 2.24) is 0 Å². The molecule has 1 aromatic rings. The Hall–Kier alpha value is -2.08. The van der Waals surface area contributed by atoms with E-state index in [0.717, 1.165) is 76.2 Å². The number of unbranched alkanes of at least 4 members (excludes halogenated alkanes) is 2. The van der Waals surface area contributed by atoms with Crippen molar-refractivity contribution in [2.75, 3.05) is 6.61 Å². The molecular weight excluding hydrogens is 420 g/mol. The molecule has 0 heterocycles. The molecule has 0 bridgehead atoms. The highest BCUT2D eigenvalue weighted by molar-refractivity contribution is 5.75. The van der Waals surface area contributed by atoms with Crippen LogP contribution in [0.1, 0.15) is 75.8 Å². The van der Waals surface area contributed by atoms with Gasteiger partial charge in [0, 0.05) is 0 Å². The van der Waals surface area contributed by atoms with Crippen LogP contribution in [-0.2, 0) is 27.2 Å². The molecule has 6 heteroatoms. The Bertz CT molecular complexity index is 832. The van der Waals surface area contributed by atoms with Crippen molar-refractivity contribution in [2.45, 2.75) is 89.8 Å². The van der Waals surface area contributed by atoms with Gasteiger partial charge in [0.2, 0.25) is 0 Å². The van der Waals surface area contributed by atoms with Gasteiger partial charge in [0.05, 0.1) is 12.0 Å². The van der Waals surface area contributed by atoms with Crippen molar-refractivity contribution >= 4 is 11.9 Å². The second kappa shape index (κ2) is 10.9. The normalized spacial score (nSPS) is 26.8. The van der Waals surface area contributed by atoms with E-state index in [1.54, 1.807) is 0 Å². The van der Waals surface area contributed by atoms with Gasteiger partial charge in [-0.2, -0.15) is 0 Å². The molecule has 182 valence electrons. The Morgan fingerprint density at radius 2 is 1.97 bits per heavy atom. The largest absolute Gasteiger partial charge is 0.482 e. The molecule has 33 heavy (non-hydrogen) atoms. The maximum Gasteiger partial charge on any atom is 0.341 e. The first kappa shape index (κ1) is 24.1. The molecule has 0 aliphatic heterocycles. The molecule has 3 aliphatic carbocycles. The molecule has 2 saturated carbocycles. The molecule has 0 unspecified atom stereocenters. The van der Waals surface area contributed by atoms with E-state index in [2.05, 4.69) is 13.0 Å². The fourth-order valence-corrected chi connectivity index (χ4v) is 5.92. The van der Waals surface area contributed by atoms with E-state index in [0.29, 0.717) is 17.6 Å².